The van der Waals surface area contributed by atoms with Crippen LogP contribution in [0.1, 0.15) is 16.9 Å². The number of thiophene rings is 1. The van der Waals surface area contributed by atoms with E-state index >= 15 is 0 Å². The number of nitrogens with zero attached hydrogens (tertiary/aromatic N) is 3. The molecule has 1 N–H and O–H groups in total. The molecule has 158 valence electrons. The molecule has 29 heavy (non-hydrogen) atoms. The van der Waals surface area contributed by atoms with Gasteiger partial charge in [-0.1, -0.05) is 23.7 Å². The average Bonchev–Trinajstić information content (AvgIpc) is 3.33. The van der Waals surface area contributed by atoms with Gasteiger partial charge in [0.15, 0.2) is 5.96 Å². The molecule has 1 unspecified atom stereocenters. The number of guanidine groups is 1. The minimum Gasteiger partial charge on any atom is -0.381 e. The van der Waals surface area contributed by atoms with Crippen molar-refractivity contribution < 1.29 is 9.66 Å². The summed E-state index contributed by atoms with van der Waals surface area (Å²) in [5.74, 6) is 1.27. The maximum absolute atomic E-state index is 10.8. The van der Waals surface area contributed by atoms with Gasteiger partial charge in [0.05, 0.1) is 29.0 Å². The van der Waals surface area contributed by atoms with Crippen molar-refractivity contribution in [3.8, 4) is 0 Å². The van der Waals surface area contributed by atoms with E-state index in [9.17, 15) is 10.1 Å². The summed E-state index contributed by atoms with van der Waals surface area (Å²) in [7, 11) is 1.99. The number of benzene rings is 1. The Morgan fingerprint density at radius 1 is 1.38 bits per heavy atom. The van der Waals surface area contributed by atoms with Crippen molar-refractivity contribution in [2.75, 3.05) is 26.8 Å². The van der Waals surface area contributed by atoms with Crippen LogP contribution in [0, 0.1) is 16.0 Å². The van der Waals surface area contributed by atoms with E-state index < -0.39 is 4.92 Å². The minimum absolute atomic E-state index is 0. The van der Waals surface area contributed by atoms with E-state index in [0.717, 1.165) is 46.9 Å². The summed E-state index contributed by atoms with van der Waals surface area (Å²) in [4.78, 5) is 18.3. The monoisotopic (exact) mass is 550 g/mol. The van der Waals surface area contributed by atoms with Crippen molar-refractivity contribution in [1.82, 2.24) is 10.2 Å². The highest BCUT2D eigenvalue weighted by Gasteiger charge is 2.17. The lowest BCUT2D eigenvalue weighted by molar-refractivity contribution is -0.384. The van der Waals surface area contributed by atoms with Crippen molar-refractivity contribution in [2.45, 2.75) is 19.5 Å². The second-order valence-corrected chi connectivity index (χ2v) is 8.54. The number of nitrogens with one attached hydrogen (secondary N) is 1. The molecule has 1 atom stereocenters. The van der Waals surface area contributed by atoms with Gasteiger partial charge in [0.25, 0.3) is 5.69 Å². The molecule has 0 spiro atoms. The first-order valence-corrected chi connectivity index (χ1v) is 10.3. The van der Waals surface area contributed by atoms with Crippen LogP contribution in [0.3, 0.4) is 0 Å². The highest BCUT2D eigenvalue weighted by Crippen LogP contribution is 2.22. The zero-order valence-electron chi connectivity index (χ0n) is 16.0. The van der Waals surface area contributed by atoms with Gasteiger partial charge >= 0.3 is 0 Å². The molecule has 0 saturated carbocycles. The zero-order chi connectivity index (χ0) is 19.9. The van der Waals surface area contributed by atoms with Gasteiger partial charge in [0.2, 0.25) is 0 Å². The van der Waals surface area contributed by atoms with Crippen LogP contribution in [0.4, 0.5) is 5.69 Å². The van der Waals surface area contributed by atoms with E-state index in [1.54, 1.807) is 23.5 Å². The van der Waals surface area contributed by atoms with Gasteiger partial charge in [-0.3, -0.25) is 10.1 Å². The number of hydrogen-bond donors (Lipinski definition) is 1. The van der Waals surface area contributed by atoms with Gasteiger partial charge in [-0.05, 0) is 24.1 Å². The van der Waals surface area contributed by atoms with Gasteiger partial charge in [0, 0.05) is 43.1 Å². The van der Waals surface area contributed by atoms with E-state index in [1.165, 1.54) is 12.1 Å². The third kappa shape index (κ3) is 7.40. The van der Waals surface area contributed by atoms with E-state index in [-0.39, 0.29) is 29.7 Å². The topological polar surface area (TPSA) is 80.0 Å². The molecule has 0 amide bonds. The molecule has 1 aromatic heterocycles. The van der Waals surface area contributed by atoms with Gasteiger partial charge in [0.1, 0.15) is 0 Å². The predicted molar refractivity (Wildman–Crippen MR) is 127 cm³/mol. The van der Waals surface area contributed by atoms with Crippen LogP contribution in [0.15, 0.2) is 41.4 Å². The second-order valence-electron chi connectivity index (χ2n) is 6.74. The van der Waals surface area contributed by atoms with Crippen molar-refractivity contribution in [3.63, 3.8) is 0 Å². The molecule has 1 saturated heterocycles. The smallest absolute Gasteiger partial charge is 0.269 e. The van der Waals surface area contributed by atoms with Crippen molar-refractivity contribution in [2.24, 2.45) is 10.9 Å². The Kier molecular flexibility index (Phi) is 9.60. The Morgan fingerprint density at radius 2 is 2.14 bits per heavy atom. The first-order valence-electron chi connectivity index (χ1n) is 9.06. The third-order valence-corrected chi connectivity index (χ3v) is 5.73. The fraction of sp³-hybridized carbons (Fsp3) is 0.421. The predicted octanol–water partition coefficient (Wildman–Crippen LogP) is 4.54. The summed E-state index contributed by atoms with van der Waals surface area (Å²) in [6, 6.07) is 10.4. The molecule has 7 nitrogen and oxygen atoms in total. The Morgan fingerprint density at radius 3 is 2.72 bits per heavy atom. The number of ether oxygens (including phenoxy) is 1. The molecule has 0 radical (unpaired) electrons. The largest absolute Gasteiger partial charge is 0.381 e. The fourth-order valence-electron chi connectivity index (χ4n) is 2.93. The number of rotatable bonds is 7. The number of nitro benzene ring substituents is 1. The molecule has 0 bridgehead atoms. The molecule has 1 aromatic carbocycles. The number of halogens is 2. The first-order chi connectivity index (χ1) is 13.5. The number of hydrogen-bond acceptors (Lipinski definition) is 5. The molecule has 2 aromatic rings. The Bertz CT molecular complexity index is 825. The highest BCUT2D eigenvalue weighted by atomic mass is 127. The molecule has 0 aliphatic carbocycles. The van der Waals surface area contributed by atoms with Crippen LogP contribution in [0.5, 0.6) is 0 Å². The van der Waals surface area contributed by atoms with Crippen LogP contribution in [-0.4, -0.2) is 42.6 Å². The number of non-ortho nitro benzene ring substituents is 1. The molecular formula is C19H24ClIN4O3S. The molecule has 1 fully saturated rings. The van der Waals surface area contributed by atoms with Crippen LogP contribution in [-0.2, 0) is 17.8 Å². The lowest BCUT2D eigenvalue weighted by atomic mass is 10.1. The molecule has 2 heterocycles. The van der Waals surface area contributed by atoms with Crippen LogP contribution in [0.2, 0.25) is 4.34 Å². The summed E-state index contributed by atoms with van der Waals surface area (Å²) in [5, 5.41) is 14.2. The third-order valence-electron chi connectivity index (χ3n) is 4.51. The van der Waals surface area contributed by atoms with Crippen LogP contribution < -0.4 is 5.32 Å². The highest BCUT2D eigenvalue weighted by molar-refractivity contribution is 14.0. The summed E-state index contributed by atoms with van der Waals surface area (Å²) >= 11 is 7.59. The minimum atomic E-state index is -0.399. The van der Waals surface area contributed by atoms with E-state index in [2.05, 4.69) is 10.2 Å². The fourth-order valence-corrected chi connectivity index (χ4v) is 4.07. The lowest BCUT2D eigenvalue weighted by Gasteiger charge is -2.23. The summed E-state index contributed by atoms with van der Waals surface area (Å²) in [5.41, 5.74) is 1.00. The SMILES string of the molecule is CN(Cc1ccc(Cl)s1)C(=NCc1ccc([N+](=O)[O-])cc1)NCC1CCOC1.I. The van der Waals surface area contributed by atoms with Crippen LogP contribution in [0.25, 0.3) is 0 Å². The molecule has 3 rings (SSSR count). The summed E-state index contributed by atoms with van der Waals surface area (Å²) < 4.78 is 6.21. The maximum atomic E-state index is 10.8. The Hall–Kier alpha value is -1.43. The van der Waals surface area contributed by atoms with E-state index in [0.29, 0.717) is 19.0 Å². The molecule has 1 aliphatic heterocycles. The van der Waals surface area contributed by atoms with Crippen molar-refractivity contribution in [1.29, 1.82) is 0 Å². The number of nitro groups is 1. The standard InChI is InChI=1S/C19H23ClN4O3S.HI/c1-23(12-17-6-7-18(20)28-17)19(22-11-15-8-9-27-13-15)21-10-14-2-4-16(5-3-14)24(25)26;/h2-7,15H,8-13H2,1H3,(H,21,22);1H. The van der Waals surface area contributed by atoms with Gasteiger partial charge in [-0.2, -0.15) is 0 Å². The summed E-state index contributed by atoms with van der Waals surface area (Å²) in [6.45, 7) is 3.52. The van der Waals surface area contributed by atoms with Crippen LogP contribution >= 0.6 is 46.9 Å². The Balaban J connectivity index is 0.00000300. The molecule has 1 aliphatic rings. The van der Waals surface area contributed by atoms with Gasteiger partial charge in [-0.15, -0.1) is 35.3 Å². The molecule has 10 heteroatoms. The molecular weight excluding hydrogens is 527 g/mol. The maximum Gasteiger partial charge on any atom is 0.269 e. The quantitative estimate of drug-likeness (QED) is 0.180. The lowest BCUT2D eigenvalue weighted by Crippen LogP contribution is -2.40. The van der Waals surface area contributed by atoms with Gasteiger partial charge < -0.3 is 15.0 Å². The normalized spacial score (nSPS) is 16.3. The second kappa shape index (κ2) is 11.7. The van der Waals surface area contributed by atoms with E-state index in [4.69, 9.17) is 21.3 Å². The van der Waals surface area contributed by atoms with Crippen molar-refractivity contribution >= 4 is 58.6 Å². The number of aliphatic imine (C=N–C) groups is 1. The van der Waals surface area contributed by atoms with Gasteiger partial charge in [-0.25, -0.2) is 4.99 Å². The summed E-state index contributed by atoms with van der Waals surface area (Å²) in [6.07, 6.45) is 1.05. The first kappa shape index (κ1) is 23.8. The average molecular weight is 551 g/mol. The van der Waals surface area contributed by atoms with E-state index in [1.807, 2.05) is 19.2 Å². The zero-order valence-corrected chi connectivity index (χ0v) is 19.9. The van der Waals surface area contributed by atoms with Crippen molar-refractivity contribution in [3.05, 3.63) is 61.3 Å². The Labute approximate surface area is 196 Å².